The van der Waals surface area contributed by atoms with Crippen LogP contribution in [0.2, 0.25) is 5.02 Å². The first-order chi connectivity index (χ1) is 12.7. The fourth-order valence-corrected chi connectivity index (χ4v) is 3.32. The van der Waals surface area contributed by atoms with E-state index in [4.69, 9.17) is 16.0 Å². The van der Waals surface area contributed by atoms with E-state index in [0.717, 1.165) is 24.2 Å². The summed E-state index contributed by atoms with van der Waals surface area (Å²) in [5.41, 5.74) is 1.43. The molecule has 7 heteroatoms. The molecule has 3 aromatic rings. The molecular formula is C19H17ClN4O2. The second kappa shape index (κ2) is 7.25. The van der Waals surface area contributed by atoms with Crippen molar-refractivity contribution in [1.82, 2.24) is 20.1 Å². The first kappa shape index (κ1) is 16.7. The zero-order valence-electron chi connectivity index (χ0n) is 14.0. The van der Waals surface area contributed by atoms with Crippen LogP contribution in [0.3, 0.4) is 0 Å². The zero-order chi connectivity index (χ0) is 17.9. The summed E-state index contributed by atoms with van der Waals surface area (Å²) in [5.74, 6) is 1.20. The Morgan fingerprint density at radius 2 is 2.12 bits per heavy atom. The van der Waals surface area contributed by atoms with E-state index in [-0.39, 0.29) is 11.9 Å². The number of aromatic nitrogens is 3. The van der Waals surface area contributed by atoms with E-state index in [2.05, 4.69) is 15.2 Å². The lowest BCUT2D eigenvalue weighted by Gasteiger charge is -2.21. The molecule has 0 bridgehead atoms. The van der Waals surface area contributed by atoms with Gasteiger partial charge in [0.05, 0.1) is 6.20 Å². The topological polar surface area (TPSA) is 72.1 Å². The van der Waals surface area contributed by atoms with Crippen molar-refractivity contribution in [2.75, 3.05) is 6.54 Å². The summed E-state index contributed by atoms with van der Waals surface area (Å²) in [6.45, 7) is 0.662. The maximum atomic E-state index is 12.7. The third-order valence-corrected chi connectivity index (χ3v) is 4.71. The van der Waals surface area contributed by atoms with Crippen molar-refractivity contribution in [2.24, 2.45) is 0 Å². The molecule has 1 amide bonds. The van der Waals surface area contributed by atoms with Crippen LogP contribution in [0, 0.1) is 0 Å². The summed E-state index contributed by atoms with van der Waals surface area (Å²) in [4.78, 5) is 18.9. The third-order valence-electron chi connectivity index (χ3n) is 4.45. The normalized spacial score (nSPS) is 16.8. The number of oxazole rings is 1. The van der Waals surface area contributed by atoms with Gasteiger partial charge in [-0.1, -0.05) is 23.7 Å². The standard InChI is InChI=1S/C19H17ClN4O2/c20-14-7-5-13(6-8-14)11-15-12-21-18(26-15)17-4-2-10-24(17)19(25)16-3-1-9-22-23-16/h1,3,5-9,12,17H,2,4,10-11H2/t17-/m0/s1. The molecule has 2 aromatic heterocycles. The van der Waals surface area contributed by atoms with Crippen LogP contribution in [0.5, 0.6) is 0 Å². The number of rotatable bonds is 4. The smallest absolute Gasteiger partial charge is 0.275 e. The average molecular weight is 369 g/mol. The van der Waals surface area contributed by atoms with Gasteiger partial charge in [0.2, 0.25) is 5.89 Å². The first-order valence-corrected chi connectivity index (χ1v) is 8.86. The van der Waals surface area contributed by atoms with Crippen LogP contribution >= 0.6 is 11.6 Å². The molecule has 6 nitrogen and oxygen atoms in total. The molecule has 0 radical (unpaired) electrons. The van der Waals surface area contributed by atoms with Gasteiger partial charge in [-0.2, -0.15) is 5.10 Å². The van der Waals surface area contributed by atoms with Gasteiger partial charge in [0, 0.05) is 24.2 Å². The molecule has 1 saturated heterocycles. The van der Waals surface area contributed by atoms with Crippen LogP contribution in [0.1, 0.15) is 46.6 Å². The minimum atomic E-state index is -0.163. The summed E-state index contributed by atoms with van der Waals surface area (Å²) in [7, 11) is 0. The molecular weight excluding hydrogens is 352 g/mol. The van der Waals surface area contributed by atoms with Crippen LogP contribution in [-0.2, 0) is 6.42 Å². The molecule has 0 N–H and O–H groups in total. The van der Waals surface area contributed by atoms with Crippen molar-refractivity contribution in [3.05, 3.63) is 76.7 Å². The zero-order valence-corrected chi connectivity index (χ0v) is 14.8. The number of amides is 1. The number of carbonyl (C=O) groups excluding carboxylic acids is 1. The number of benzene rings is 1. The fraction of sp³-hybridized carbons (Fsp3) is 0.263. The minimum absolute atomic E-state index is 0.141. The third kappa shape index (κ3) is 3.46. The van der Waals surface area contributed by atoms with Gasteiger partial charge in [-0.3, -0.25) is 4.79 Å². The molecule has 1 fully saturated rings. The van der Waals surface area contributed by atoms with Crippen molar-refractivity contribution < 1.29 is 9.21 Å². The summed E-state index contributed by atoms with van der Waals surface area (Å²) < 4.78 is 5.94. The van der Waals surface area contributed by atoms with Crippen LogP contribution in [0.15, 0.2) is 53.2 Å². The molecule has 1 aliphatic heterocycles. The Labute approximate surface area is 155 Å². The van der Waals surface area contributed by atoms with E-state index >= 15 is 0 Å². The number of likely N-dealkylation sites (tertiary alicyclic amines) is 1. The molecule has 0 aliphatic carbocycles. The molecule has 26 heavy (non-hydrogen) atoms. The average Bonchev–Trinajstić information content (AvgIpc) is 3.33. The second-order valence-corrected chi connectivity index (χ2v) is 6.67. The lowest BCUT2D eigenvalue weighted by Crippen LogP contribution is -2.31. The van der Waals surface area contributed by atoms with Gasteiger partial charge in [0.25, 0.3) is 5.91 Å². The predicted molar refractivity (Wildman–Crippen MR) is 95.8 cm³/mol. The van der Waals surface area contributed by atoms with E-state index < -0.39 is 0 Å². The molecule has 3 heterocycles. The summed E-state index contributed by atoms with van der Waals surface area (Å²) in [6.07, 6.45) is 5.65. The van der Waals surface area contributed by atoms with E-state index in [1.54, 1.807) is 29.4 Å². The monoisotopic (exact) mass is 368 g/mol. The van der Waals surface area contributed by atoms with Gasteiger partial charge in [-0.25, -0.2) is 4.98 Å². The number of hydrogen-bond acceptors (Lipinski definition) is 5. The lowest BCUT2D eigenvalue weighted by molar-refractivity contribution is 0.0707. The van der Waals surface area contributed by atoms with Gasteiger partial charge in [0.1, 0.15) is 11.8 Å². The molecule has 132 valence electrons. The molecule has 4 rings (SSSR count). The number of hydrogen-bond donors (Lipinski definition) is 0. The van der Waals surface area contributed by atoms with Crippen molar-refractivity contribution in [2.45, 2.75) is 25.3 Å². The van der Waals surface area contributed by atoms with Gasteiger partial charge in [-0.15, -0.1) is 5.10 Å². The molecule has 0 saturated carbocycles. The van der Waals surface area contributed by atoms with E-state index in [0.29, 0.717) is 29.6 Å². The predicted octanol–water partition coefficient (Wildman–Crippen LogP) is 3.69. The van der Waals surface area contributed by atoms with Crippen molar-refractivity contribution in [3.63, 3.8) is 0 Å². The van der Waals surface area contributed by atoms with Crippen LogP contribution in [0.4, 0.5) is 0 Å². The first-order valence-electron chi connectivity index (χ1n) is 8.48. The van der Waals surface area contributed by atoms with Crippen LogP contribution in [0.25, 0.3) is 0 Å². The largest absolute Gasteiger partial charge is 0.443 e. The van der Waals surface area contributed by atoms with Gasteiger partial charge in [-0.05, 0) is 42.7 Å². The van der Waals surface area contributed by atoms with Crippen LogP contribution < -0.4 is 0 Å². The highest BCUT2D eigenvalue weighted by molar-refractivity contribution is 6.30. The van der Waals surface area contributed by atoms with E-state index in [1.165, 1.54) is 0 Å². The maximum absolute atomic E-state index is 12.7. The Bertz CT molecular complexity index is 895. The molecule has 1 atom stereocenters. The number of halogens is 1. The number of nitrogens with zero attached hydrogens (tertiary/aromatic N) is 4. The summed E-state index contributed by atoms with van der Waals surface area (Å²) in [6, 6.07) is 10.9. The highest BCUT2D eigenvalue weighted by Crippen LogP contribution is 2.32. The molecule has 0 unspecified atom stereocenters. The Hall–Kier alpha value is -2.73. The minimum Gasteiger partial charge on any atom is -0.443 e. The van der Waals surface area contributed by atoms with Crippen molar-refractivity contribution >= 4 is 17.5 Å². The highest BCUT2D eigenvalue weighted by Gasteiger charge is 2.34. The summed E-state index contributed by atoms with van der Waals surface area (Å²) >= 11 is 5.92. The highest BCUT2D eigenvalue weighted by atomic mass is 35.5. The second-order valence-electron chi connectivity index (χ2n) is 6.23. The Balaban J connectivity index is 1.51. The van der Waals surface area contributed by atoms with Gasteiger partial charge < -0.3 is 9.32 Å². The fourth-order valence-electron chi connectivity index (χ4n) is 3.19. The SMILES string of the molecule is O=C(c1cccnn1)N1CCC[C@H]1c1ncc(Cc2ccc(Cl)cc2)o1. The molecule has 0 spiro atoms. The Morgan fingerprint density at radius 1 is 1.27 bits per heavy atom. The maximum Gasteiger partial charge on any atom is 0.275 e. The van der Waals surface area contributed by atoms with Crippen molar-refractivity contribution in [3.8, 4) is 0 Å². The Kier molecular flexibility index (Phi) is 4.67. The van der Waals surface area contributed by atoms with Crippen LogP contribution in [-0.4, -0.2) is 32.5 Å². The van der Waals surface area contributed by atoms with Gasteiger partial charge in [0.15, 0.2) is 5.69 Å². The molecule has 1 aliphatic rings. The van der Waals surface area contributed by atoms with E-state index in [9.17, 15) is 4.79 Å². The quantitative estimate of drug-likeness (QED) is 0.702. The Morgan fingerprint density at radius 3 is 2.88 bits per heavy atom. The number of carbonyl (C=O) groups is 1. The van der Waals surface area contributed by atoms with Gasteiger partial charge >= 0.3 is 0 Å². The van der Waals surface area contributed by atoms with Crippen molar-refractivity contribution in [1.29, 1.82) is 0 Å². The van der Waals surface area contributed by atoms with E-state index in [1.807, 2.05) is 24.3 Å². The summed E-state index contributed by atoms with van der Waals surface area (Å²) in [5, 5.41) is 8.41. The lowest BCUT2D eigenvalue weighted by atomic mass is 10.1. The molecule has 1 aromatic carbocycles.